The second-order valence-electron chi connectivity index (χ2n) is 3.80. The van der Waals surface area contributed by atoms with Crippen LogP contribution in [0.5, 0.6) is 0 Å². The van der Waals surface area contributed by atoms with Crippen LogP contribution in [0.2, 0.25) is 0 Å². The van der Waals surface area contributed by atoms with E-state index in [0.717, 1.165) is 10.6 Å². The molecule has 0 fully saturated rings. The normalized spacial score (nSPS) is 11.9. The van der Waals surface area contributed by atoms with Crippen LogP contribution in [-0.4, -0.2) is 56.3 Å². The predicted molar refractivity (Wildman–Crippen MR) is 62.8 cm³/mol. The Balaban J connectivity index is 2.57. The van der Waals surface area contributed by atoms with E-state index in [9.17, 15) is 5.21 Å². The summed E-state index contributed by atoms with van der Waals surface area (Å²) in [5.41, 5.74) is 1.36. The highest BCUT2D eigenvalue weighted by Crippen LogP contribution is 2.14. The lowest BCUT2D eigenvalue weighted by molar-refractivity contribution is -0.0135. The van der Waals surface area contributed by atoms with Gasteiger partial charge in [-0.25, -0.2) is 4.98 Å². The maximum Gasteiger partial charge on any atom is 0.202 e. The van der Waals surface area contributed by atoms with Crippen molar-refractivity contribution in [3.05, 3.63) is 24.5 Å². The van der Waals surface area contributed by atoms with Crippen LogP contribution in [0.15, 0.2) is 24.5 Å². The molecule has 0 aliphatic rings. The van der Waals surface area contributed by atoms with Crippen LogP contribution in [-0.2, 0) is 0 Å². The summed E-state index contributed by atoms with van der Waals surface area (Å²) in [5, 5.41) is 18.3. The fourth-order valence-electron chi connectivity index (χ4n) is 1.46. The molecular weight excluding hydrogens is 220 g/mol. The molecule has 2 aromatic rings. The molecule has 0 aliphatic heterocycles. The van der Waals surface area contributed by atoms with Crippen LogP contribution in [0.4, 0.5) is 0 Å². The molecule has 2 heterocycles. The van der Waals surface area contributed by atoms with E-state index in [2.05, 4.69) is 15.3 Å². The first-order valence-electron chi connectivity index (χ1n) is 5.07. The van der Waals surface area contributed by atoms with E-state index in [1.165, 1.54) is 7.05 Å². The summed E-state index contributed by atoms with van der Waals surface area (Å²) in [5.74, 6) is 0.686. The molecule has 0 saturated carbocycles. The fourth-order valence-corrected chi connectivity index (χ4v) is 1.46. The molecule has 0 amide bonds. The number of nitrogens with zero attached hydrogens (tertiary/aromatic N) is 6. The topological polar surface area (TPSA) is 70.3 Å². The van der Waals surface area contributed by atoms with Gasteiger partial charge >= 0.3 is 0 Å². The fraction of sp³-hybridized carbons (Fsp3) is 0.300. The Hall–Kier alpha value is -2.15. The molecule has 0 unspecified atom stereocenters. The number of pyridine rings is 1. The summed E-state index contributed by atoms with van der Waals surface area (Å²) in [7, 11) is 5.25. The van der Waals surface area contributed by atoms with Gasteiger partial charge in [0.2, 0.25) is 5.65 Å². The van der Waals surface area contributed by atoms with E-state index in [0.29, 0.717) is 11.5 Å². The highest BCUT2D eigenvalue weighted by molar-refractivity contribution is 5.73. The molecule has 90 valence electrons. The van der Waals surface area contributed by atoms with Gasteiger partial charge in [0, 0.05) is 27.3 Å². The number of aromatic nitrogens is 4. The smallest absolute Gasteiger partial charge is 0.202 e. The Morgan fingerprint density at radius 1 is 1.41 bits per heavy atom. The van der Waals surface area contributed by atoms with Crippen LogP contribution >= 0.6 is 0 Å². The van der Waals surface area contributed by atoms with Gasteiger partial charge in [-0.05, 0) is 12.1 Å². The van der Waals surface area contributed by atoms with Crippen LogP contribution < -0.4 is 0 Å². The SMILES string of the molecule is CN(O)C=C(N(C)C)n1nnc2ncccc21. The van der Waals surface area contributed by atoms with Crippen LogP contribution in [0.25, 0.3) is 17.0 Å². The van der Waals surface area contributed by atoms with Crippen LogP contribution in [0.1, 0.15) is 0 Å². The number of hydrogen-bond donors (Lipinski definition) is 1. The van der Waals surface area contributed by atoms with Crippen molar-refractivity contribution in [1.29, 1.82) is 0 Å². The standard InChI is InChI=1S/C10H14N6O/c1-14(2)9(7-15(3)17)16-8-5-4-6-11-10(8)12-13-16/h4-7,17H,1-3H3. The van der Waals surface area contributed by atoms with Crippen molar-refractivity contribution in [1.82, 2.24) is 29.9 Å². The minimum absolute atomic E-state index is 0.570. The van der Waals surface area contributed by atoms with E-state index in [-0.39, 0.29) is 0 Å². The quantitative estimate of drug-likeness (QED) is 0.778. The molecule has 0 spiro atoms. The van der Waals surface area contributed by atoms with E-state index in [1.54, 1.807) is 17.1 Å². The third-order valence-corrected chi connectivity index (χ3v) is 2.20. The lowest BCUT2D eigenvalue weighted by atomic mass is 10.4. The maximum atomic E-state index is 9.30. The van der Waals surface area contributed by atoms with Crippen LogP contribution in [0, 0.1) is 0 Å². The number of rotatable bonds is 3. The highest BCUT2D eigenvalue weighted by Gasteiger charge is 2.11. The summed E-state index contributed by atoms with van der Waals surface area (Å²) in [6.45, 7) is 0. The molecule has 0 bridgehead atoms. The minimum atomic E-state index is 0.570. The Labute approximate surface area is 98.5 Å². The number of hydrogen-bond acceptors (Lipinski definition) is 6. The molecule has 2 aromatic heterocycles. The first kappa shape index (κ1) is 11.3. The van der Waals surface area contributed by atoms with Gasteiger partial charge in [0.05, 0.1) is 6.20 Å². The third kappa shape index (κ3) is 2.18. The second-order valence-corrected chi connectivity index (χ2v) is 3.80. The lowest BCUT2D eigenvalue weighted by Crippen LogP contribution is -2.20. The summed E-state index contributed by atoms with van der Waals surface area (Å²) in [4.78, 5) is 5.93. The molecule has 0 aromatic carbocycles. The Morgan fingerprint density at radius 3 is 2.82 bits per heavy atom. The molecule has 17 heavy (non-hydrogen) atoms. The van der Waals surface area contributed by atoms with Gasteiger partial charge in [-0.2, -0.15) is 4.68 Å². The van der Waals surface area contributed by atoms with Crippen molar-refractivity contribution in [3.63, 3.8) is 0 Å². The molecule has 0 saturated heterocycles. The number of hydroxylamine groups is 2. The van der Waals surface area contributed by atoms with Gasteiger partial charge in [0.1, 0.15) is 5.52 Å². The molecule has 7 heteroatoms. The van der Waals surface area contributed by atoms with E-state index < -0.39 is 0 Å². The predicted octanol–water partition coefficient (Wildman–Crippen LogP) is 0.465. The Bertz CT molecular complexity index is 544. The zero-order chi connectivity index (χ0) is 12.4. The average Bonchev–Trinajstić information content (AvgIpc) is 2.69. The Morgan fingerprint density at radius 2 is 2.18 bits per heavy atom. The molecule has 2 rings (SSSR count). The molecule has 0 atom stereocenters. The molecule has 0 radical (unpaired) electrons. The average molecular weight is 234 g/mol. The lowest BCUT2D eigenvalue weighted by Gasteiger charge is -2.18. The first-order valence-corrected chi connectivity index (χ1v) is 5.07. The summed E-state index contributed by atoms with van der Waals surface area (Å²) in [6, 6.07) is 3.69. The van der Waals surface area contributed by atoms with Gasteiger partial charge < -0.3 is 4.90 Å². The third-order valence-electron chi connectivity index (χ3n) is 2.20. The molecule has 0 aliphatic carbocycles. The van der Waals surface area contributed by atoms with Gasteiger partial charge in [-0.15, -0.1) is 5.10 Å². The van der Waals surface area contributed by atoms with E-state index in [4.69, 9.17) is 0 Å². The van der Waals surface area contributed by atoms with Crippen molar-refractivity contribution in [3.8, 4) is 0 Å². The van der Waals surface area contributed by atoms with Crippen LogP contribution in [0.3, 0.4) is 0 Å². The van der Waals surface area contributed by atoms with Crippen molar-refractivity contribution in [2.75, 3.05) is 21.1 Å². The summed E-state index contributed by atoms with van der Waals surface area (Å²) in [6.07, 6.45) is 3.21. The van der Waals surface area contributed by atoms with Crippen molar-refractivity contribution in [2.45, 2.75) is 0 Å². The molecular formula is C10H14N6O. The van der Waals surface area contributed by atoms with E-state index in [1.807, 2.05) is 31.1 Å². The Kier molecular flexibility index (Phi) is 2.92. The maximum absolute atomic E-state index is 9.30. The number of fused-ring (bicyclic) bond motifs is 1. The van der Waals surface area contributed by atoms with Gasteiger partial charge in [0.25, 0.3) is 0 Å². The zero-order valence-corrected chi connectivity index (χ0v) is 9.94. The summed E-state index contributed by atoms with van der Waals surface area (Å²) < 4.78 is 1.62. The second kappa shape index (κ2) is 4.38. The minimum Gasteiger partial charge on any atom is -0.361 e. The summed E-state index contributed by atoms with van der Waals surface area (Å²) >= 11 is 0. The van der Waals surface area contributed by atoms with Gasteiger partial charge in [-0.1, -0.05) is 5.21 Å². The zero-order valence-electron chi connectivity index (χ0n) is 9.94. The molecule has 7 nitrogen and oxygen atoms in total. The van der Waals surface area contributed by atoms with Crippen molar-refractivity contribution in [2.24, 2.45) is 0 Å². The van der Waals surface area contributed by atoms with Gasteiger partial charge in [0.15, 0.2) is 5.82 Å². The monoisotopic (exact) mass is 234 g/mol. The molecule has 1 N–H and O–H groups in total. The van der Waals surface area contributed by atoms with Gasteiger partial charge in [-0.3, -0.25) is 10.3 Å². The van der Waals surface area contributed by atoms with Crippen molar-refractivity contribution < 1.29 is 5.21 Å². The first-order chi connectivity index (χ1) is 8.09. The largest absolute Gasteiger partial charge is 0.361 e. The van der Waals surface area contributed by atoms with E-state index >= 15 is 0 Å². The highest BCUT2D eigenvalue weighted by atomic mass is 16.5. The van der Waals surface area contributed by atoms with Crippen molar-refractivity contribution >= 4 is 17.0 Å².